The van der Waals surface area contributed by atoms with Crippen LogP contribution in [0.3, 0.4) is 0 Å². The zero-order chi connectivity index (χ0) is 24.7. The van der Waals surface area contributed by atoms with Gasteiger partial charge in [-0.2, -0.15) is 0 Å². The minimum Gasteiger partial charge on any atom is -0.507 e. The van der Waals surface area contributed by atoms with Crippen molar-refractivity contribution in [2.75, 3.05) is 0 Å². The van der Waals surface area contributed by atoms with Gasteiger partial charge in [-0.1, -0.05) is 0 Å². The number of aromatic hydroxyl groups is 1. The number of hydrogen-bond donors (Lipinski definition) is 1. The van der Waals surface area contributed by atoms with Gasteiger partial charge >= 0.3 is 0 Å². The van der Waals surface area contributed by atoms with Crippen molar-refractivity contribution in [1.82, 2.24) is 0 Å². The molecule has 0 unspecified atom stereocenters. The van der Waals surface area contributed by atoms with Crippen LogP contribution in [0.1, 0.15) is 61.2 Å². The summed E-state index contributed by atoms with van der Waals surface area (Å²) >= 11 is 0. The Bertz CT molecular complexity index is 1500. The lowest BCUT2D eigenvalue weighted by Crippen LogP contribution is -2.15. The standard InChI is InChI=1S/C30H34O3/c1-12-13(2)15(4)23(16(5)14(12)3)26-24-17(6)19(8)27(31)21(10)29(24)33-30-22(11)28(32)20(9)18(7)25(26)30/h31H,1-11H3. The van der Waals surface area contributed by atoms with Gasteiger partial charge in [-0.25, -0.2) is 0 Å². The van der Waals surface area contributed by atoms with Crippen LogP contribution in [0.5, 0.6) is 5.75 Å². The molecule has 0 amide bonds. The minimum absolute atomic E-state index is 0.0180. The molecule has 2 aromatic rings. The SMILES string of the molecule is Cc1c(C)c(C)c(-c2c3c(C)c(C)c(=O)c(C)c-3oc3c(C)c(O)c(C)c(C)c23)c(C)c1C. The number of aryl methyl sites for hydroxylation is 2. The van der Waals surface area contributed by atoms with E-state index in [1.807, 2.05) is 34.6 Å². The summed E-state index contributed by atoms with van der Waals surface area (Å²) in [6.07, 6.45) is 0. The Kier molecular flexibility index (Phi) is 5.24. The Morgan fingerprint density at radius 2 is 0.970 bits per heavy atom. The molecule has 3 nitrogen and oxygen atoms in total. The maximum atomic E-state index is 13.0. The van der Waals surface area contributed by atoms with Crippen LogP contribution in [0.25, 0.3) is 33.4 Å². The van der Waals surface area contributed by atoms with Crippen LogP contribution in [0, 0.1) is 76.2 Å². The first-order valence-electron chi connectivity index (χ1n) is 11.6. The summed E-state index contributed by atoms with van der Waals surface area (Å²) in [5.41, 5.74) is 15.3. The quantitative estimate of drug-likeness (QED) is 0.308. The van der Waals surface area contributed by atoms with E-state index in [1.54, 1.807) is 0 Å². The minimum atomic E-state index is 0.0180. The summed E-state index contributed by atoms with van der Waals surface area (Å²) in [6, 6.07) is 0. The lowest BCUT2D eigenvalue weighted by molar-refractivity contribution is 0.465. The van der Waals surface area contributed by atoms with E-state index in [0.717, 1.165) is 38.8 Å². The number of phenolic OH excluding ortho intramolecular Hbond substituents is 1. The molecule has 1 heterocycles. The Labute approximate surface area is 196 Å². The molecule has 1 N–H and O–H groups in total. The highest BCUT2D eigenvalue weighted by atomic mass is 16.3. The van der Waals surface area contributed by atoms with E-state index in [1.165, 1.54) is 33.4 Å². The Morgan fingerprint density at radius 1 is 0.485 bits per heavy atom. The first-order chi connectivity index (χ1) is 15.3. The summed E-state index contributed by atoms with van der Waals surface area (Å²) in [6.45, 7) is 22.6. The number of hydrogen-bond acceptors (Lipinski definition) is 3. The molecule has 0 aromatic heterocycles. The largest absolute Gasteiger partial charge is 0.507 e. The van der Waals surface area contributed by atoms with Crippen LogP contribution in [-0.2, 0) is 0 Å². The second-order valence-electron chi connectivity index (χ2n) is 9.81. The molecule has 0 saturated heterocycles. The van der Waals surface area contributed by atoms with Gasteiger partial charge in [-0.05, 0) is 126 Å². The zero-order valence-corrected chi connectivity index (χ0v) is 21.8. The number of benzene rings is 3. The van der Waals surface area contributed by atoms with E-state index in [0.29, 0.717) is 22.5 Å². The Balaban J connectivity index is 2.49. The van der Waals surface area contributed by atoms with Crippen molar-refractivity contribution in [2.45, 2.75) is 76.2 Å². The van der Waals surface area contributed by atoms with E-state index in [4.69, 9.17) is 4.42 Å². The first-order valence-corrected chi connectivity index (χ1v) is 11.6. The molecule has 0 fully saturated rings. The molecule has 172 valence electrons. The van der Waals surface area contributed by atoms with Crippen molar-refractivity contribution < 1.29 is 9.52 Å². The van der Waals surface area contributed by atoms with Crippen molar-refractivity contribution in [3.8, 4) is 28.2 Å². The molecule has 2 aliphatic rings. The summed E-state index contributed by atoms with van der Waals surface area (Å²) in [7, 11) is 0. The highest BCUT2D eigenvalue weighted by Gasteiger charge is 2.29. The van der Waals surface area contributed by atoms with Gasteiger partial charge in [-0.3, -0.25) is 4.79 Å². The van der Waals surface area contributed by atoms with Crippen LogP contribution < -0.4 is 5.43 Å². The smallest absolute Gasteiger partial charge is 0.188 e. The lowest BCUT2D eigenvalue weighted by atomic mass is 9.79. The third-order valence-electron chi connectivity index (χ3n) is 8.36. The van der Waals surface area contributed by atoms with Gasteiger partial charge in [0.05, 0.1) is 0 Å². The molecule has 0 atom stereocenters. The maximum Gasteiger partial charge on any atom is 0.188 e. The number of rotatable bonds is 1. The van der Waals surface area contributed by atoms with Crippen molar-refractivity contribution in [1.29, 1.82) is 0 Å². The second kappa shape index (κ2) is 7.48. The van der Waals surface area contributed by atoms with Crippen LogP contribution >= 0.6 is 0 Å². The third kappa shape index (κ3) is 2.91. The Morgan fingerprint density at radius 3 is 1.52 bits per heavy atom. The summed E-state index contributed by atoms with van der Waals surface area (Å²) in [5, 5.41) is 11.9. The van der Waals surface area contributed by atoms with Crippen molar-refractivity contribution in [3.05, 3.63) is 71.4 Å². The predicted molar refractivity (Wildman–Crippen MR) is 138 cm³/mol. The average molecular weight is 443 g/mol. The molecule has 0 radical (unpaired) electrons. The summed E-state index contributed by atoms with van der Waals surface area (Å²) in [5.74, 6) is 0.869. The average Bonchev–Trinajstić information content (AvgIpc) is 2.80. The fourth-order valence-corrected chi connectivity index (χ4v) is 5.42. The van der Waals surface area contributed by atoms with Crippen molar-refractivity contribution >= 4 is 11.0 Å². The molecular weight excluding hydrogens is 408 g/mol. The third-order valence-corrected chi connectivity index (χ3v) is 8.36. The van der Waals surface area contributed by atoms with E-state index in [-0.39, 0.29) is 11.2 Å². The summed E-state index contributed by atoms with van der Waals surface area (Å²) < 4.78 is 6.51. The van der Waals surface area contributed by atoms with E-state index >= 15 is 0 Å². The second-order valence-corrected chi connectivity index (χ2v) is 9.81. The van der Waals surface area contributed by atoms with Gasteiger partial charge in [-0.15, -0.1) is 0 Å². The zero-order valence-electron chi connectivity index (χ0n) is 21.8. The van der Waals surface area contributed by atoms with E-state index in [9.17, 15) is 9.90 Å². The molecule has 0 saturated carbocycles. The highest BCUT2D eigenvalue weighted by molar-refractivity contribution is 6.08. The number of fused-ring (bicyclic) bond motifs is 2. The van der Waals surface area contributed by atoms with Crippen LogP contribution in [0.2, 0.25) is 0 Å². The van der Waals surface area contributed by atoms with Gasteiger partial charge < -0.3 is 9.52 Å². The fraction of sp³-hybridized carbons (Fsp3) is 0.367. The van der Waals surface area contributed by atoms with Gasteiger partial charge in [0.2, 0.25) is 0 Å². The molecule has 0 bridgehead atoms. The Hall–Kier alpha value is -3.07. The van der Waals surface area contributed by atoms with Crippen molar-refractivity contribution in [3.63, 3.8) is 0 Å². The first kappa shape index (κ1) is 23.1. The normalized spacial score (nSPS) is 11.7. The molecule has 4 rings (SSSR count). The summed E-state index contributed by atoms with van der Waals surface area (Å²) in [4.78, 5) is 13.0. The van der Waals surface area contributed by atoms with Gasteiger partial charge in [0.15, 0.2) is 5.43 Å². The van der Waals surface area contributed by atoms with Crippen LogP contribution in [-0.4, -0.2) is 5.11 Å². The topological polar surface area (TPSA) is 50.4 Å². The number of phenols is 1. The van der Waals surface area contributed by atoms with Crippen LogP contribution in [0.15, 0.2) is 9.21 Å². The van der Waals surface area contributed by atoms with Crippen molar-refractivity contribution in [2.24, 2.45) is 0 Å². The monoisotopic (exact) mass is 442 g/mol. The van der Waals surface area contributed by atoms with Gasteiger partial charge in [0.25, 0.3) is 0 Å². The maximum absolute atomic E-state index is 13.0. The molecule has 0 spiro atoms. The van der Waals surface area contributed by atoms with Crippen LogP contribution in [0.4, 0.5) is 0 Å². The molecular formula is C30H34O3. The molecule has 33 heavy (non-hydrogen) atoms. The fourth-order valence-electron chi connectivity index (χ4n) is 5.42. The lowest BCUT2D eigenvalue weighted by Gasteiger charge is -2.27. The van der Waals surface area contributed by atoms with E-state index < -0.39 is 0 Å². The molecule has 3 heteroatoms. The molecule has 1 aliphatic carbocycles. The molecule has 2 aromatic carbocycles. The predicted octanol–water partition coefficient (Wildman–Crippen LogP) is 7.66. The molecule has 1 aliphatic heterocycles. The highest BCUT2D eigenvalue weighted by Crippen LogP contribution is 2.50. The van der Waals surface area contributed by atoms with Gasteiger partial charge in [0, 0.05) is 33.2 Å². The van der Waals surface area contributed by atoms with Gasteiger partial charge in [0.1, 0.15) is 17.1 Å². The van der Waals surface area contributed by atoms with E-state index in [2.05, 4.69) is 41.5 Å².